The summed E-state index contributed by atoms with van der Waals surface area (Å²) < 4.78 is 6.77. The van der Waals surface area contributed by atoms with Crippen molar-refractivity contribution in [3.05, 3.63) is 206 Å². The first-order valence-electron chi connectivity index (χ1n) is 21.4. The van der Waals surface area contributed by atoms with Crippen LogP contribution in [0.2, 0.25) is 0 Å². The number of hydrogen-bond donors (Lipinski definition) is 0. The Morgan fingerprint density at radius 2 is 0.556 bits per heavy atom. The molecule has 0 fully saturated rings. The highest BCUT2D eigenvalue weighted by Gasteiger charge is 2.21. The zero-order chi connectivity index (χ0) is 41.2. The van der Waals surface area contributed by atoms with Crippen molar-refractivity contribution in [2.75, 3.05) is 0 Å². The second kappa shape index (κ2) is 12.9. The minimum absolute atomic E-state index is 0.565. The molecule has 14 rings (SSSR count). The fourth-order valence-electron chi connectivity index (χ4n) is 10.4. The van der Waals surface area contributed by atoms with Gasteiger partial charge in [0.25, 0.3) is 0 Å². The lowest BCUT2D eigenvalue weighted by molar-refractivity contribution is 0.893. The Kier molecular flexibility index (Phi) is 7.02. The van der Waals surface area contributed by atoms with E-state index in [1.54, 1.807) is 0 Å². The monoisotopic (exact) mass is 802 g/mol. The smallest absolute Gasteiger partial charge is 0.240 e. The molecule has 0 bridgehead atoms. The number of para-hydroxylation sites is 6. The second-order valence-corrected chi connectivity index (χ2v) is 16.4. The number of rotatable bonds is 4. The third kappa shape index (κ3) is 4.86. The lowest BCUT2D eigenvalue weighted by Gasteiger charge is -2.15. The summed E-state index contributed by atoms with van der Waals surface area (Å²) in [7, 11) is 0. The van der Waals surface area contributed by atoms with E-state index in [1.165, 1.54) is 48.7 Å². The Balaban J connectivity index is 1.03. The average Bonchev–Trinajstić information content (AvgIpc) is 4.00. The summed E-state index contributed by atoms with van der Waals surface area (Å²) >= 11 is 0. The predicted molar refractivity (Wildman–Crippen MR) is 261 cm³/mol. The van der Waals surface area contributed by atoms with Gasteiger partial charge in [-0.3, -0.25) is 9.13 Å². The SMILES string of the molecule is c1ccc2c(c1)c1cc(-c3nc(-n4c5ccccc5c5ccccc54)nc(-n4c5ccccc5c5ccccc54)n3)ccc1c1ccc(-n3c4ccccc4c4ccccc43)cc21. The molecule has 4 aromatic heterocycles. The lowest BCUT2D eigenvalue weighted by atomic mass is 9.93. The summed E-state index contributed by atoms with van der Waals surface area (Å²) in [5, 5.41) is 14.2. The normalized spacial score (nSPS) is 12.1. The Morgan fingerprint density at radius 1 is 0.238 bits per heavy atom. The van der Waals surface area contributed by atoms with Crippen LogP contribution in [-0.4, -0.2) is 28.7 Å². The molecule has 63 heavy (non-hydrogen) atoms. The van der Waals surface area contributed by atoms with Gasteiger partial charge in [0, 0.05) is 43.6 Å². The van der Waals surface area contributed by atoms with Gasteiger partial charge in [-0.05, 0) is 86.9 Å². The van der Waals surface area contributed by atoms with Gasteiger partial charge in [-0.1, -0.05) is 152 Å². The van der Waals surface area contributed by atoms with E-state index in [0.29, 0.717) is 17.7 Å². The summed E-state index contributed by atoms with van der Waals surface area (Å²) in [4.78, 5) is 16.1. The minimum atomic E-state index is 0.565. The van der Waals surface area contributed by atoms with Crippen molar-refractivity contribution in [1.29, 1.82) is 0 Å². The summed E-state index contributed by atoms with van der Waals surface area (Å²) in [5.41, 5.74) is 8.62. The third-order valence-corrected chi connectivity index (χ3v) is 13.1. The first-order chi connectivity index (χ1) is 31.3. The van der Waals surface area contributed by atoms with E-state index in [2.05, 4.69) is 220 Å². The molecule has 4 heterocycles. The number of fused-ring (bicyclic) bond motifs is 15. The fraction of sp³-hybridized carbons (Fsp3) is 0. The van der Waals surface area contributed by atoms with Gasteiger partial charge in [0.05, 0.1) is 33.1 Å². The van der Waals surface area contributed by atoms with E-state index in [1.807, 2.05) is 0 Å². The lowest BCUT2D eigenvalue weighted by Crippen LogP contribution is -2.10. The van der Waals surface area contributed by atoms with E-state index < -0.39 is 0 Å². The van der Waals surface area contributed by atoms with Crippen molar-refractivity contribution in [1.82, 2.24) is 28.7 Å². The van der Waals surface area contributed by atoms with Crippen molar-refractivity contribution < 1.29 is 0 Å². The molecule has 6 heteroatoms. The fourth-order valence-corrected chi connectivity index (χ4v) is 10.4. The minimum Gasteiger partial charge on any atom is -0.309 e. The molecule has 292 valence electrons. The molecular formula is C57H34N6. The molecule has 0 saturated heterocycles. The van der Waals surface area contributed by atoms with Crippen LogP contribution in [-0.2, 0) is 0 Å². The highest BCUT2D eigenvalue weighted by molar-refractivity contribution is 6.26. The number of aromatic nitrogens is 6. The summed E-state index contributed by atoms with van der Waals surface area (Å²) in [6, 6.07) is 73.8. The predicted octanol–water partition coefficient (Wildman–Crippen LogP) is 14.3. The zero-order valence-electron chi connectivity index (χ0n) is 33.8. The zero-order valence-corrected chi connectivity index (χ0v) is 33.8. The van der Waals surface area contributed by atoms with Crippen LogP contribution < -0.4 is 0 Å². The standard InChI is InChI=1S/C57H34N6/c1-2-16-38-37(15-1)47-33-35(29-31-39(47)40-32-30-36(34-48(38)40)61-49-23-9-3-17-41(49)42-18-4-10-24-50(42)61)55-58-56(62-51-25-11-5-19-43(51)44-20-6-12-26-52(44)62)60-57(59-55)63-53-27-13-7-21-45(53)46-22-8-14-28-54(46)63/h1-34H. The maximum Gasteiger partial charge on any atom is 0.240 e. The summed E-state index contributed by atoms with van der Waals surface area (Å²) in [5.74, 6) is 1.73. The van der Waals surface area contributed by atoms with Gasteiger partial charge in [0.1, 0.15) is 0 Å². The molecule has 0 amide bonds. The number of benzene rings is 10. The van der Waals surface area contributed by atoms with Crippen LogP contribution >= 0.6 is 0 Å². The Bertz CT molecular complexity index is 3910. The number of nitrogens with zero attached hydrogens (tertiary/aromatic N) is 6. The molecule has 0 saturated carbocycles. The highest BCUT2D eigenvalue weighted by atomic mass is 15.3. The van der Waals surface area contributed by atoms with Crippen LogP contribution in [0, 0.1) is 0 Å². The molecular weight excluding hydrogens is 769 g/mol. The number of hydrogen-bond acceptors (Lipinski definition) is 3. The Labute approximate surface area is 360 Å². The quantitative estimate of drug-likeness (QED) is 0.167. The molecule has 0 spiro atoms. The van der Waals surface area contributed by atoms with Crippen LogP contribution in [0.4, 0.5) is 0 Å². The van der Waals surface area contributed by atoms with Gasteiger partial charge < -0.3 is 4.57 Å². The van der Waals surface area contributed by atoms with Crippen molar-refractivity contribution in [2.24, 2.45) is 0 Å². The van der Waals surface area contributed by atoms with Gasteiger partial charge in [-0.15, -0.1) is 0 Å². The summed E-state index contributed by atoms with van der Waals surface area (Å²) in [6.07, 6.45) is 0. The van der Waals surface area contributed by atoms with Crippen LogP contribution in [0.15, 0.2) is 206 Å². The molecule has 0 unspecified atom stereocenters. The first kappa shape index (κ1) is 34.1. The van der Waals surface area contributed by atoms with Crippen molar-refractivity contribution in [3.63, 3.8) is 0 Å². The van der Waals surface area contributed by atoms with Gasteiger partial charge >= 0.3 is 0 Å². The molecule has 14 aromatic rings. The third-order valence-electron chi connectivity index (χ3n) is 13.1. The molecule has 0 atom stereocenters. The molecule has 0 aliphatic heterocycles. The van der Waals surface area contributed by atoms with Gasteiger partial charge in [0.2, 0.25) is 11.9 Å². The van der Waals surface area contributed by atoms with Crippen LogP contribution in [0.25, 0.3) is 127 Å². The maximum atomic E-state index is 5.38. The van der Waals surface area contributed by atoms with E-state index in [9.17, 15) is 0 Å². The largest absolute Gasteiger partial charge is 0.309 e. The molecule has 0 aliphatic rings. The van der Waals surface area contributed by atoms with E-state index in [-0.39, 0.29) is 0 Å². The molecule has 10 aromatic carbocycles. The van der Waals surface area contributed by atoms with Gasteiger partial charge in [-0.2, -0.15) is 15.0 Å². The average molecular weight is 803 g/mol. The maximum absolute atomic E-state index is 5.38. The molecule has 0 aliphatic carbocycles. The van der Waals surface area contributed by atoms with E-state index in [4.69, 9.17) is 15.0 Å². The molecule has 0 N–H and O–H groups in total. The second-order valence-electron chi connectivity index (χ2n) is 16.4. The van der Waals surface area contributed by atoms with Crippen LogP contribution in [0.5, 0.6) is 0 Å². The van der Waals surface area contributed by atoms with E-state index in [0.717, 1.165) is 60.2 Å². The molecule has 0 radical (unpaired) electrons. The molecule has 6 nitrogen and oxygen atoms in total. The Morgan fingerprint density at radius 3 is 0.968 bits per heavy atom. The van der Waals surface area contributed by atoms with Gasteiger partial charge in [-0.25, -0.2) is 0 Å². The van der Waals surface area contributed by atoms with Crippen molar-refractivity contribution in [2.45, 2.75) is 0 Å². The van der Waals surface area contributed by atoms with Crippen molar-refractivity contribution in [3.8, 4) is 29.0 Å². The first-order valence-corrected chi connectivity index (χ1v) is 21.4. The van der Waals surface area contributed by atoms with Crippen LogP contribution in [0.3, 0.4) is 0 Å². The highest BCUT2D eigenvalue weighted by Crippen LogP contribution is 2.40. The Hall–Kier alpha value is -8.61. The summed E-state index contributed by atoms with van der Waals surface area (Å²) in [6.45, 7) is 0. The van der Waals surface area contributed by atoms with Crippen LogP contribution in [0.1, 0.15) is 0 Å². The van der Waals surface area contributed by atoms with Crippen molar-refractivity contribution >= 4 is 97.7 Å². The van der Waals surface area contributed by atoms with E-state index >= 15 is 0 Å². The van der Waals surface area contributed by atoms with Gasteiger partial charge in [0.15, 0.2) is 5.82 Å². The topological polar surface area (TPSA) is 53.5 Å².